The number of halogens is 1. The third-order valence-corrected chi connectivity index (χ3v) is 3.16. The molecule has 0 aliphatic carbocycles. The molecule has 0 saturated heterocycles. The van der Waals surface area contributed by atoms with Crippen LogP contribution < -0.4 is 15.5 Å². The van der Waals surface area contributed by atoms with Gasteiger partial charge in [0.05, 0.1) is 19.9 Å². The lowest BCUT2D eigenvalue weighted by molar-refractivity contribution is -0.120. The fourth-order valence-electron chi connectivity index (χ4n) is 1.89. The first-order valence-electron chi connectivity index (χ1n) is 7.23. The Morgan fingerprint density at radius 2 is 1.96 bits per heavy atom. The van der Waals surface area contributed by atoms with Crippen molar-refractivity contribution in [1.82, 2.24) is 10.7 Å². The Hall–Kier alpha value is -3.42. The number of aromatic hydroxyl groups is 1. The normalized spacial score (nSPS) is 10.5. The minimum Gasteiger partial charge on any atom is -0.504 e. The number of ether oxygens (including phenoxy) is 1. The number of carbonyl (C=O) groups excluding carboxylic acids is 2. The van der Waals surface area contributed by atoms with Crippen LogP contribution >= 0.6 is 0 Å². The van der Waals surface area contributed by atoms with E-state index in [1.165, 1.54) is 25.5 Å². The molecule has 8 heteroatoms. The van der Waals surface area contributed by atoms with E-state index in [1.807, 2.05) is 0 Å². The molecule has 0 atom stereocenters. The zero-order valence-electron chi connectivity index (χ0n) is 13.3. The Morgan fingerprint density at radius 3 is 2.64 bits per heavy atom. The van der Waals surface area contributed by atoms with Gasteiger partial charge in [-0.1, -0.05) is 6.07 Å². The van der Waals surface area contributed by atoms with Crippen LogP contribution in [0.2, 0.25) is 0 Å². The van der Waals surface area contributed by atoms with E-state index >= 15 is 0 Å². The van der Waals surface area contributed by atoms with E-state index in [0.717, 1.165) is 12.1 Å². The minimum absolute atomic E-state index is 0.104. The number of methoxy groups -OCH3 is 1. The molecule has 0 bridgehead atoms. The maximum atomic E-state index is 12.8. The average molecular weight is 345 g/mol. The van der Waals surface area contributed by atoms with Crippen molar-refractivity contribution in [3.05, 3.63) is 59.4 Å². The summed E-state index contributed by atoms with van der Waals surface area (Å²) in [5.74, 6) is -1.35. The van der Waals surface area contributed by atoms with Crippen LogP contribution in [0.15, 0.2) is 47.6 Å². The van der Waals surface area contributed by atoms with Gasteiger partial charge in [-0.15, -0.1) is 0 Å². The van der Waals surface area contributed by atoms with E-state index in [9.17, 15) is 19.1 Å². The van der Waals surface area contributed by atoms with Crippen LogP contribution in [0.1, 0.15) is 15.9 Å². The number of phenols is 1. The van der Waals surface area contributed by atoms with Gasteiger partial charge >= 0.3 is 0 Å². The molecule has 0 fully saturated rings. The lowest BCUT2D eigenvalue weighted by atomic mass is 10.2. The van der Waals surface area contributed by atoms with Gasteiger partial charge in [0.1, 0.15) is 5.82 Å². The molecule has 3 N–H and O–H groups in total. The van der Waals surface area contributed by atoms with Gasteiger partial charge in [-0.3, -0.25) is 9.59 Å². The molecule has 2 aromatic carbocycles. The molecule has 0 unspecified atom stereocenters. The molecule has 2 amide bonds. The van der Waals surface area contributed by atoms with E-state index < -0.39 is 17.6 Å². The molecule has 130 valence electrons. The molecule has 25 heavy (non-hydrogen) atoms. The van der Waals surface area contributed by atoms with Crippen molar-refractivity contribution in [2.24, 2.45) is 5.10 Å². The molecule has 2 rings (SSSR count). The molecule has 0 aliphatic rings. The van der Waals surface area contributed by atoms with Crippen molar-refractivity contribution in [3.8, 4) is 11.5 Å². The zero-order chi connectivity index (χ0) is 18.2. The summed E-state index contributed by atoms with van der Waals surface area (Å²) in [5, 5.41) is 15.9. The number of para-hydroxylation sites is 1. The number of carbonyl (C=O) groups is 2. The second-order valence-corrected chi connectivity index (χ2v) is 4.88. The number of benzene rings is 2. The smallest absolute Gasteiger partial charge is 0.259 e. The number of phenolic OH excluding ortho intramolecular Hbond substituents is 1. The number of hydrogen-bond acceptors (Lipinski definition) is 5. The summed E-state index contributed by atoms with van der Waals surface area (Å²) < 4.78 is 17.7. The Kier molecular flexibility index (Phi) is 6.05. The number of rotatable bonds is 6. The summed E-state index contributed by atoms with van der Waals surface area (Å²) in [7, 11) is 1.42. The summed E-state index contributed by atoms with van der Waals surface area (Å²) in [6.45, 7) is -0.308. The number of hydrogen-bond donors (Lipinski definition) is 3. The van der Waals surface area contributed by atoms with Gasteiger partial charge < -0.3 is 15.2 Å². The molecule has 0 aromatic heterocycles. The van der Waals surface area contributed by atoms with E-state index in [0.29, 0.717) is 5.56 Å². The Labute approximate surface area is 143 Å². The van der Waals surface area contributed by atoms with Gasteiger partial charge in [-0.2, -0.15) is 5.10 Å². The SMILES string of the molecule is COc1cccc(/C=N/NC(=O)CNC(=O)c2ccc(F)cc2)c1O. The third kappa shape index (κ3) is 5.03. The minimum atomic E-state index is -0.561. The van der Waals surface area contributed by atoms with Crippen LogP contribution in [-0.4, -0.2) is 36.8 Å². The first-order valence-corrected chi connectivity index (χ1v) is 7.23. The standard InChI is InChI=1S/C17H16FN3O4/c1-25-14-4-2-3-12(16(14)23)9-20-21-15(22)10-19-17(24)11-5-7-13(18)8-6-11/h2-9,23H,10H2,1H3,(H,19,24)(H,21,22)/b20-9+. The summed E-state index contributed by atoms with van der Waals surface area (Å²) >= 11 is 0. The van der Waals surface area contributed by atoms with Gasteiger partial charge in [0.2, 0.25) is 0 Å². The maximum absolute atomic E-state index is 12.8. The predicted octanol–water partition coefficient (Wildman–Crippen LogP) is 1.42. The highest BCUT2D eigenvalue weighted by molar-refractivity contribution is 5.96. The maximum Gasteiger partial charge on any atom is 0.259 e. The van der Waals surface area contributed by atoms with Crippen molar-refractivity contribution < 1.29 is 23.8 Å². The summed E-state index contributed by atoms with van der Waals surface area (Å²) in [4.78, 5) is 23.4. The van der Waals surface area contributed by atoms with Gasteiger partial charge in [0, 0.05) is 11.1 Å². The lowest BCUT2D eigenvalue weighted by Crippen LogP contribution is -2.34. The van der Waals surface area contributed by atoms with Gasteiger partial charge in [-0.05, 0) is 36.4 Å². The van der Waals surface area contributed by atoms with E-state index in [2.05, 4.69) is 15.8 Å². The van der Waals surface area contributed by atoms with Crippen LogP contribution in [0.25, 0.3) is 0 Å². The largest absolute Gasteiger partial charge is 0.504 e. The van der Waals surface area contributed by atoms with Crippen molar-refractivity contribution in [2.45, 2.75) is 0 Å². The predicted molar refractivity (Wildman–Crippen MR) is 89.1 cm³/mol. The topological polar surface area (TPSA) is 100 Å². The fourth-order valence-corrected chi connectivity index (χ4v) is 1.89. The first-order chi connectivity index (χ1) is 12.0. The first kappa shape index (κ1) is 17.9. The van der Waals surface area contributed by atoms with Crippen LogP contribution in [0.5, 0.6) is 11.5 Å². The average Bonchev–Trinajstić information content (AvgIpc) is 2.61. The molecule has 7 nitrogen and oxygen atoms in total. The van der Waals surface area contributed by atoms with Crippen molar-refractivity contribution in [1.29, 1.82) is 0 Å². The fraction of sp³-hybridized carbons (Fsp3) is 0.118. The number of amides is 2. The lowest BCUT2D eigenvalue weighted by Gasteiger charge is -2.05. The third-order valence-electron chi connectivity index (χ3n) is 3.16. The van der Waals surface area contributed by atoms with Crippen LogP contribution in [0.4, 0.5) is 4.39 Å². The highest BCUT2D eigenvalue weighted by Gasteiger charge is 2.08. The molecular weight excluding hydrogens is 329 g/mol. The van der Waals surface area contributed by atoms with Crippen LogP contribution in [0, 0.1) is 5.82 Å². The highest BCUT2D eigenvalue weighted by Crippen LogP contribution is 2.27. The monoisotopic (exact) mass is 345 g/mol. The number of nitrogens with one attached hydrogen (secondary N) is 2. The number of nitrogens with zero attached hydrogens (tertiary/aromatic N) is 1. The van der Waals surface area contributed by atoms with Gasteiger partial charge in [0.15, 0.2) is 11.5 Å². The van der Waals surface area contributed by atoms with E-state index in [4.69, 9.17) is 4.74 Å². The second-order valence-electron chi connectivity index (χ2n) is 4.88. The van der Waals surface area contributed by atoms with Gasteiger partial charge in [-0.25, -0.2) is 9.82 Å². The summed E-state index contributed by atoms with van der Waals surface area (Å²) in [6.07, 6.45) is 1.25. The van der Waals surface area contributed by atoms with E-state index in [-0.39, 0.29) is 23.6 Å². The Morgan fingerprint density at radius 1 is 1.24 bits per heavy atom. The molecule has 0 heterocycles. The quantitative estimate of drug-likeness (QED) is 0.544. The van der Waals surface area contributed by atoms with Crippen molar-refractivity contribution in [2.75, 3.05) is 13.7 Å². The van der Waals surface area contributed by atoms with Crippen molar-refractivity contribution >= 4 is 18.0 Å². The zero-order valence-corrected chi connectivity index (χ0v) is 13.3. The second kappa shape index (κ2) is 8.44. The summed E-state index contributed by atoms with van der Waals surface area (Å²) in [6, 6.07) is 9.75. The molecular formula is C17H16FN3O4. The Balaban J connectivity index is 1.84. The Bertz CT molecular complexity index is 791. The highest BCUT2D eigenvalue weighted by atomic mass is 19.1. The van der Waals surface area contributed by atoms with E-state index in [1.54, 1.807) is 18.2 Å². The van der Waals surface area contributed by atoms with Crippen molar-refractivity contribution in [3.63, 3.8) is 0 Å². The molecule has 0 spiro atoms. The van der Waals surface area contributed by atoms with Crippen LogP contribution in [-0.2, 0) is 4.79 Å². The summed E-state index contributed by atoms with van der Waals surface area (Å²) in [5.41, 5.74) is 2.81. The van der Waals surface area contributed by atoms with Gasteiger partial charge in [0.25, 0.3) is 11.8 Å². The number of hydrazone groups is 1. The molecule has 0 aliphatic heterocycles. The molecule has 0 radical (unpaired) electrons. The molecule has 2 aromatic rings. The molecule has 0 saturated carbocycles. The van der Waals surface area contributed by atoms with Crippen LogP contribution in [0.3, 0.4) is 0 Å².